The van der Waals surface area contributed by atoms with Crippen LogP contribution in [0.5, 0.6) is 0 Å². The van der Waals surface area contributed by atoms with Crippen LogP contribution in [-0.2, 0) is 16.4 Å². The van der Waals surface area contributed by atoms with Crippen LogP contribution in [0.4, 0.5) is 0 Å². The van der Waals surface area contributed by atoms with Gasteiger partial charge in [0.2, 0.25) is 10.0 Å². The Morgan fingerprint density at radius 1 is 1.10 bits per heavy atom. The highest BCUT2D eigenvalue weighted by Crippen LogP contribution is 2.23. The van der Waals surface area contributed by atoms with E-state index in [4.69, 9.17) is 5.26 Å². The first-order valence-electron chi connectivity index (χ1n) is 6.53. The van der Waals surface area contributed by atoms with Gasteiger partial charge in [-0.25, -0.2) is 13.1 Å². The Bertz CT molecular complexity index is 760. The largest absolute Gasteiger partial charge is 0.215 e. The molecule has 0 heterocycles. The van der Waals surface area contributed by atoms with E-state index in [2.05, 4.69) is 10.8 Å². The van der Waals surface area contributed by atoms with Gasteiger partial charge in [0.15, 0.2) is 0 Å². The van der Waals surface area contributed by atoms with Crippen molar-refractivity contribution < 1.29 is 8.42 Å². The van der Waals surface area contributed by atoms with Crippen LogP contribution < -0.4 is 4.72 Å². The molecular formula is C16H16N2O2S. The molecule has 0 aromatic heterocycles. The van der Waals surface area contributed by atoms with Crippen LogP contribution in [0.1, 0.15) is 11.1 Å². The van der Waals surface area contributed by atoms with Gasteiger partial charge in [-0.3, -0.25) is 0 Å². The minimum Gasteiger partial charge on any atom is -0.215 e. The lowest BCUT2D eigenvalue weighted by atomic mass is 9.99. The monoisotopic (exact) mass is 300 g/mol. The number of benzene rings is 2. The van der Waals surface area contributed by atoms with Gasteiger partial charge in [0.1, 0.15) is 0 Å². The standard InChI is InChI=1S/C16H16N2O2S/c1-21(19,20)18-11-10-13-6-8-14(9-7-13)16-5-3-2-4-15(16)12-17/h2-9,18H,10-11H2,1H3. The lowest BCUT2D eigenvalue weighted by Crippen LogP contribution is -2.24. The van der Waals surface area contributed by atoms with Gasteiger partial charge in [-0.1, -0.05) is 42.5 Å². The third-order valence-corrected chi connectivity index (χ3v) is 3.82. The van der Waals surface area contributed by atoms with E-state index < -0.39 is 10.0 Å². The minimum atomic E-state index is -3.14. The van der Waals surface area contributed by atoms with Crippen LogP contribution in [0.15, 0.2) is 48.5 Å². The number of nitrogens with zero attached hydrogens (tertiary/aromatic N) is 1. The molecule has 0 saturated heterocycles. The summed E-state index contributed by atoms with van der Waals surface area (Å²) in [5.74, 6) is 0. The molecule has 0 fully saturated rings. The fraction of sp³-hybridized carbons (Fsp3) is 0.188. The number of hydrogen-bond acceptors (Lipinski definition) is 3. The maximum atomic E-state index is 11.0. The maximum Gasteiger partial charge on any atom is 0.208 e. The number of nitriles is 1. The summed E-state index contributed by atoms with van der Waals surface area (Å²) in [6.45, 7) is 0.382. The topological polar surface area (TPSA) is 70.0 Å². The van der Waals surface area contributed by atoms with Crippen LogP contribution in [0, 0.1) is 11.3 Å². The van der Waals surface area contributed by atoms with Crippen LogP contribution >= 0.6 is 0 Å². The summed E-state index contributed by atoms with van der Waals surface area (Å²) in [5, 5.41) is 9.11. The van der Waals surface area contributed by atoms with Gasteiger partial charge in [-0.05, 0) is 29.2 Å². The summed E-state index contributed by atoms with van der Waals surface area (Å²) in [6, 6.07) is 17.4. The molecule has 0 atom stereocenters. The van der Waals surface area contributed by atoms with Crippen molar-refractivity contribution in [1.29, 1.82) is 5.26 Å². The molecule has 108 valence electrons. The van der Waals surface area contributed by atoms with Gasteiger partial charge in [-0.15, -0.1) is 0 Å². The van der Waals surface area contributed by atoms with E-state index in [0.717, 1.165) is 22.9 Å². The number of hydrogen-bond donors (Lipinski definition) is 1. The second kappa shape index (κ2) is 6.53. The zero-order valence-electron chi connectivity index (χ0n) is 11.7. The Hall–Kier alpha value is -2.16. The van der Waals surface area contributed by atoms with E-state index >= 15 is 0 Å². The molecule has 0 bridgehead atoms. The molecule has 21 heavy (non-hydrogen) atoms. The molecule has 0 radical (unpaired) electrons. The van der Waals surface area contributed by atoms with Crippen molar-refractivity contribution in [2.75, 3.05) is 12.8 Å². The Morgan fingerprint density at radius 2 is 1.76 bits per heavy atom. The fourth-order valence-corrected chi connectivity index (χ4v) is 2.54. The summed E-state index contributed by atoms with van der Waals surface area (Å²) in [6.07, 6.45) is 1.78. The second-order valence-electron chi connectivity index (χ2n) is 4.77. The molecule has 0 aliphatic rings. The van der Waals surface area contributed by atoms with Gasteiger partial charge in [0, 0.05) is 6.54 Å². The van der Waals surface area contributed by atoms with Crippen molar-refractivity contribution in [3.63, 3.8) is 0 Å². The average molecular weight is 300 g/mol. The lowest BCUT2D eigenvalue weighted by Gasteiger charge is -2.06. The second-order valence-corrected chi connectivity index (χ2v) is 6.60. The number of rotatable bonds is 5. The summed E-state index contributed by atoms with van der Waals surface area (Å²) in [5.41, 5.74) is 3.57. The summed E-state index contributed by atoms with van der Waals surface area (Å²) < 4.78 is 24.4. The smallest absolute Gasteiger partial charge is 0.208 e. The normalized spacial score (nSPS) is 11.0. The van der Waals surface area contributed by atoms with Gasteiger partial charge in [0.25, 0.3) is 0 Å². The van der Waals surface area contributed by atoms with E-state index in [1.807, 2.05) is 42.5 Å². The Balaban J connectivity index is 2.11. The van der Waals surface area contributed by atoms with E-state index in [1.54, 1.807) is 6.07 Å². The van der Waals surface area contributed by atoms with Crippen LogP contribution in [0.25, 0.3) is 11.1 Å². The third kappa shape index (κ3) is 4.42. The average Bonchev–Trinajstić information content (AvgIpc) is 2.47. The first-order chi connectivity index (χ1) is 9.99. The molecular weight excluding hydrogens is 284 g/mol. The zero-order valence-corrected chi connectivity index (χ0v) is 12.5. The van der Waals surface area contributed by atoms with Crippen LogP contribution in [-0.4, -0.2) is 21.2 Å². The molecule has 1 N–H and O–H groups in total. The molecule has 0 aliphatic carbocycles. The SMILES string of the molecule is CS(=O)(=O)NCCc1ccc(-c2ccccc2C#N)cc1. The van der Waals surface area contributed by atoms with Crippen molar-refractivity contribution in [2.24, 2.45) is 0 Å². The minimum absolute atomic E-state index is 0.382. The Labute approximate surface area is 125 Å². The number of sulfonamides is 1. The van der Waals surface area contributed by atoms with Gasteiger partial charge in [-0.2, -0.15) is 5.26 Å². The zero-order chi connectivity index (χ0) is 15.3. The van der Waals surface area contributed by atoms with E-state index in [9.17, 15) is 8.42 Å². The highest BCUT2D eigenvalue weighted by molar-refractivity contribution is 7.88. The van der Waals surface area contributed by atoms with E-state index in [1.165, 1.54) is 0 Å². The van der Waals surface area contributed by atoms with Gasteiger partial charge < -0.3 is 0 Å². The van der Waals surface area contributed by atoms with Crippen LogP contribution in [0.3, 0.4) is 0 Å². The molecule has 4 nitrogen and oxygen atoms in total. The first-order valence-corrected chi connectivity index (χ1v) is 8.42. The highest BCUT2D eigenvalue weighted by atomic mass is 32.2. The molecule has 0 unspecified atom stereocenters. The Morgan fingerprint density at radius 3 is 2.38 bits per heavy atom. The molecule has 5 heteroatoms. The molecule has 0 amide bonds. The quantitative estimate of drug-likeness (QED) is 0.921. The molecule has 2 rings (SSSR count). The highest BCUT2D eigenvalue weighted by Gasteiger charge is 2.04. The van der Waals surface area contributed by atoms with Gasteiger partial charge >= 0.3 is 0 Å². The molecule has 2 aromatic rings. The first kappa shape index (κ1) is 15.2. The van der Waals surface area contributed by atoms with Crippen molar-refractivity contribution in [2.45, 2.75) is 6.42 Å². The molecule has 0 saturated carbocycles. The van der Waals surface area contributed by atoms with Crippen molar-refractivity contribution in [3.05, 3.63) is 59.7 Å². The number of nitrogens with one attached hydrogen (secondary N) is 1. The fourth-order valence-electron chi connectivity index (χ4n) is 2.06. The molecule has 0 spiro atoms. The van der Waals surface area contributed by atoms with Crippen molar-refractivity contribution >= 4 is 10.0 Å². The summed E-state index contributed by atoms with van der Waals surface area (Å²) in [7, 11) is -3.14. The predicted octanol–water partition coefficient (Wildman–Crippen LogP) is 2.32. The third-order valence-electron chi connectivity index (χ3n) is 3.09. The lowest BCUT2D eigenvalue weighted by molar-refractivity contribution is 0.588. The van der Waals surface area contributed by atoms with Crippen molar-refractivity contribution in [3.8, 4) is 17.2 Å². The molecule has 2 aromatic carbocycles. The van der Waals surface area contributed by atoms with E-state index in [-0.39, 0.29) is 0 Å². The Kier molecular flexibility index (Phi) is 4.73. The summed E-state index contributed by atoms with van der Waals surface area (Å²) in [4.78, 5) is 0. The van der Waals surface area contributed by atoms with E-state index in [0.29, 0.717) is 18.5 Å². The van der Waals surface area contributed by atoms with Crippen LogP contribution in [0.2, 0.25) is 0 Å². The van der Waals surface area contributed by atoms with Gasteiger partial charge in [0.05, 0.1) is 17.9 Å². The van der Waals surface area contributed by atoms with Crippen molar-refractivity contribution in [1.82, 2.24) is 4.72 Å². The molecule has 0 aliphatic heterocycles. The predicted molar refractivity (Wildman–Crippen MR) is 83.1 cm³/mol. The summed E-state index contributed by atoms with van der Waals surface area (Å²) >= 11 is 0. The maximum absolute atomic E-state index is 11.0.